The van der Waals surface area contributed by atoms with E-state index in [-0.39, 0.29) is 5.91 Å². The quantitative estimate of drug-likeness (QED) is 0.851. The lowest BCUT2D eigenvalue weighted by atomic mass is 10.2. The topological polar surface area (TPSA) is 70.2 Å². The average molecular weight is 299 g/mol. The second kappa shape index (κ2) is 7.51. The predicted octanol–water partition coefficient (Wildman–Crippen LogP) is 1.82. The molecule has 1 aromatic carbocycles. The average Bonchev–Trinajstić information content (AvgIpc) is 2.50. The summed E-state index contributed by atoms with van der Waals surface area (Å²) >= 11 is 0. The number of likely N-dealkylation sites (N-methyl/N-ethyl adjacent to an activating group) is 1. The summed E-state index contributed by atoms with van der Waals surface area (Å²) < 4.78 is 0. The number of hydrogen-bond acceptors (Lipinski definition) is 5. The lowest BCUT2D eigenvalue weighted by molar-refractivity contribution is 0.0945. The maximum absolute atomic E-state index is 11.9. The zero-order valence-corrected chi connectivity index (χ0v) is 13.1. The number of hydrogen-bond donors (Lipinski definition) is 2. The lowest BCUT2D eigenvalue weighted by Gasteiger charge is -2.10. The van der Waals surface area contributed by atoms with Crippen LogP contribution in [0, 0.1) is 6.92 Å². The van der Waals surface area contributed by atoms with Gasteiger partial charge in [-0.05, 0) is 44.8 Å². The molecule has 6 heteroatoms. The van der Waals surface area contributed by atoms with Crippen LogP contribution in [-0.2, 0) is 0 Å². The molecule has 0 aliphatic heterocycles. The molecule has 0 fully saturated rings. The van der Waals surface area contributed by atoms with E-state index in [2.05, 4.69) is 20.8 Å². The molecule has 1 heterocycles. The van der Waals surface area contributed by atoms with E-state index in [9.17, 15) is 4.79 Å². The Morgan fingerprint density at radius 3 is 2.55 bits per heavy atom. The standard InChI is InChI=1S/C16H21N5O/c1-12-6-4-5-7-13(12)18-15-9-8-14(19-20-15)16(22)17-10-11-21(2)3/h4-9H,10-11H2,1-3H3,(H,17,22)(H,18,20). The van der Waals surface area contributed by atoms with Crippen molar-refractivity contribution in [2.75, 3.05) is 32.5 Å². The molecule has 6 nitrogen and oxygen atoms in total. The van der Waals surface area contributed by atoms with Crippen molar-refractivity contribution in [1.29, 1.82) is 0 Å². The molecule has 0 aliphatic carbocycles. The summed E-state index contributed by atoms with van der Waals surface area (Å²) in [4.78, 5) is 13.9. The van der Waals surface area contributed by atoms with Crippen molar-refractivity contribution in [2.45, 2.75) is 6.92 Å². The third-order valence-corrected chi connectivity index (χ3v) is 3.15. The fourth-order valence-corrected chi connectivity index (χ4v) is 1.85. The largest absolute Gasteiger partial charge is 0.349 e. The van der Waals surface area contributed by atoms with Gasteiger partial charge in [-0.15, -0.1) is 10.2 Å². The number of amides is 1. The number of aryl methyl sites for hydroxylation is 1. The molecular weight excluding hydrogens is 278 g/mol. The summed E-state index contributed by atoms with van der Waals surface area (Å²) in [6, 6.07) is 11.3. The van der Waals surface area contributed by atoms with Gasteiger partial charge in [0.2, 0.25) is 0 Å². The molecule has 2 N–H and O–H groups in total. The predicted molar refractivity (Wildman–Crippen MR) is 87.4 cm³/mol. The van der Waals surface area contributed by atoms with E-state index in [1.54, 1.807) is 12.1 Å². The Kier molecular flexibility index (Phi) is 5.43. The molecule has 0 spiro atoms. The van der Waals surface area contributed by atoms with Crippen molar-refractivity contribution < 1.29 is 4.79 Å². The van der Waals surface area contributed by atoms with Gasteiger partial charge in [-0.25, -0.2) is 0 Å². The van der Waals surface area contributed by atoms with Crippen LogP contribution in [-0.4, -0.2) is 48.2 Å². The van der Waals surface area contributed by atoms with Gasteiger partial charge in [-0.1, -0.05) is 18.2 Å². The molecule has 0 saturated carbocycles. The summed E-state index contributed by atoms with van der Waals surface area (Å²) in [5, 5.41) is 14.0. The summed E-state index contributed by atoms with van der Waals surface area (Å²) in [5.74, 6) is 0.399. The van der Waals surface area contributed by atoms with Crippen molar-refractivity contribution in [3.8, 4) is 0 Å². The van der Waals surface area contributed by atoms with Crippen LogP contribution in [0.4, 0.5) is 11.5 Å². The van der Waals surface area contributed by atoms with Gasteiger partial charge in [0.05, 0.1) is 0 Å². The van der Waals surface area contributed by atoms with Gasteiger partial charge in [0.1, 0.15) is 0 Å². The van der Waals surface area contributed by atoms with Crippen LogP contribution in [0.5, 0.6) is 0 Å². The van der Waals surface area contributed by atoms with Crippen LogP contribution in [0.15, 0.2) is 36.4 Å². The minimum absolute atomic E-state index is 0.211. The van der Waals surface area contributed by atoms with E-state index in [0.29, 0.717) is 18.1 Å². The van der Waals surface area contributed by atoms with Crippen LogP contribution < -0.4 is 10.6 Å². The Morgan fingerprint density at radius 2 is 1.91 bits per heavy atom. The molecule has 1 aromatic heterocycles. The summed E-state index contributed by atoms with van der Waals surface area (Å²) in [7, 11) is 3.91. The summed E-state index contributed by atoms with van der Waals surface area (Å²) in [5.41, 5.74) is 2.41. The first-order valence-electron chi connectivity index (χ1n) is 7.15. The Bertz CT molecular complexity index is 625. The monoisotopic (exact) mass is 299 g/mol. The van der Waals surface area contributed by atoms with E-state index in [1.807, 2.05) is 50.2 Å². The number of nitrogens with one attached hydrogen (secondary N) is 2. The SMILES string of the molecule is Cc1ccccc1Nc1ccc(C(=O)NCCN(C)C)nn1. The number of carbonyl (C=O) groups is 1. The second-order valence-corrected chi connectivity index (χ2v) is 5.30. The molecule has 116 valence electrons. The van der Waals surface area contributed by atoms with E-state index in [4.69, 9.17) is 0 Å². The van der Waals surface area contributed by atoms with Gasteiger partial charge < -0.3 is 15.5 Å². The maximum atomic E-state index is 11.9. The number of anilines is 2. The van der Waals surface area contributed by atoms with Gasteiger partial charge in [0, 0.05) is 18.8 Å². The normalized spacial score (nSPS) is 10.5. The van der Waals surface area contributed by atoms with Gasteiger partial charge in [0.25, 0.3) is 5.91 Å². The van der Waals surface area contributed by atoms with Gasteiger partial charge in [-0.2, -0.15) is 0 Å². The molecule has 0 saturated heterocycles. The van der Waals surface area contributed by atoms with Crippen LogP contribution in [0.25, 0.3) is 0 Å². The van der Waals surface area contributed by atoms with Crippen molar-refractivity contribution in [1.82, 2.24) is 20.4 Å². The van der Waals surface area contributed by atoms with Crippen LogP contribution in [0.1, 0.15) is 16.1 Å². The molecule has 2 aromatic rings. The molecule has 0 radical (unpaired) electrons. The smallest absolute Gasteiger partial charge is 0.271 e. The Labute approximate surface area is 130 Å². The highest BCUT2D eigenvalue weighted by molar-refractivity contribution is 5.92. The van der Waals surface area contributed by atoms with Gasteiger partial charge >= 0.3 is 0 Å². The Morgan fingerprint density at radius 1 is 1.14 bits per heavy atom. The number of para-hydroxylation sites is 1. The van der Waals surface area contributed by atoms with E-state index in [0.717, 1.165) is 17.8 Å². The third-order valence-electron chi connectivity index (χ3n) is 3.15. The molecule has 0 unspecified atom stereocenters. The highest BCUT2D eigenvalue weighted by Gasteiger charge is 2.08. The molecule has 22 heavy (non-hydrogen) atoms. The fourth-order valence-electron chi connectivity index (χ4n) is 1.85. The molecular formula is C16H21N5O. The van der Waals surface area contributed by atoms with Crippen molar-refractivity contribution >= 4 is 17.4 Å². The van der Waals surface area contributed by atoms with Crippen LogP contribution in [0.3, 0.4) is 0 Å². The second-order valence-electron chi connectivity index (χ2n) is 5.30. The van der Waals surface area contributed by atoms with Crippen molar-refractivity contribution in [3.05, 3.63) is 47.7 Å². The molecule has 0 aliphatic rings. The maximum Gasteiger partial charge on any atom is 0.271 e. The van der Waals surface area contributed by atoms with Crippen LogP contribution >= 0.6 is 0 Å². The number of nitrogens with zero attached hydrogens (tertiary/aromatic N) is 3. The van der Waals surface area contributed by atoms with Gasteiger partial charge in [0.15, 0.2) is 11.5 Å². The van der Waals surface area contributed by atoms with E-state index in [1.165, 1.54) is 0 Å². The number of aromatic nitrogens is 2. The zero-order chi connectivity index (χ0) is 15.9. The molecule has 0 atom stereocenters. The Hall–Kier alpha value is -2.47. The third kappa shape index (κ3) is 4.53. The highest BCUT2D eigenvalue weighted by atomic mass is 16.1. The van der Waals surface area contributed by atoms with E-state index < -0.39 is 0 Å². The first-order valence-corrected chi connectivity index (χ1v) is 7.15. The summed E-state index contributed by atoms with van der Waals surface area (Å²) in [6.07, 6.45) is 0. The Balaban J connectivity index is 1.95. The molecule has 2 rings (SSSR count). The lowest BCUT2D eigenvalue weighted by Crippen LogP contribution is -2.31. The zero-order valence-electron chi connectivity index (χ0n) is 13.1. The molecule has 0 bridgehead atoms. The number of benzene rings is 1. The highest BCUT2D eigenvalue weighted by Crippen LogP contribution is 2.17. The molecule has 1 amide bonds. The summed E-state index contributed by atoms with van der Waals surface area (Å²) in [6.45, 7) is 3.38. The number of carbonyl (C=O) groups excluding carboxylic acids is 1. The first-order chi connectivity index (χ1) is 10.6. The van der Waals surface area contributed by atoms with Crippen molar-refractivity contribution in [2.24, 2.45) is 0 Å². The number of rotatable bonds is 6. The first kappa shape index (κ1) is 15.9. The fraction of sp³-hybridized carbons (Fsp3) is 0.312. The minimum atomic E-state index is -0.211. The van der Waals surface area contributed by atoms with Crippen molar-refractivity contribution in [3.63, 3.8) is 0 Å². The van der Waals surface area contributed by atoms with Crippen LogP contribution in [0.2, 0.25) is 0 Å². The van der Waals surface area contributed by atoms with Gasteiger partial charge in [-0.3, -0.25) is 4.79 Å². The van der Waals surface area contributed by atoms with E-state index >= 15 is 0 Å². The minimum Gasteiger partial charge on any atom is -0.349 e.